The minimum Gasteiger partial charge on any atom is -0.342 e. The van der Waals surface area contributed by atoms with E-state index in [-0.39, 0.29) is 24.9 Å². The molecular weight excluding hydrogens is 301 g/mol. The van der Waals surface area contributed by atoms with E-state index in [0.717, 1.165) is 6.41 Å². The summed E-state index contributed by atoms with van der Waals surface area (Å²) in [6, 6.07) is 6.19. The zero-order valence-corrected chi connectivity index (χ0v) is 13.1. The van der Waals surface area contributed by atoms with Gasteiger partial charge >= 0.3 is 0 Å². The summed E-state index contributed by atoms with van der Waals surface area (Å²) in [7, 11) is 0. The second-order valence-electron chi connectivity index (χ2n) is 5.49. The Morgan fingerprint density at radius 1 is 1.22 bits per heavy atom. The quantitative estimate of drug-likeness (QED) is 0.741. The lowest BCUT2D eigenvalue weighted by atomic mass is 10.2. The molecule has 0 bridgehead atoms. The third-order valence-corrected chi connectivity index (χ3v) is 3.91. The average Bonchev–Trinajstić information content (AvgIpc) is 2.56. The Morgan fingerprint density at radius 3 is 2.43 bits per heavy atom. The number of benzene rings is 1. The van der Waals surface area contributed by atoms with Gasteiger partial charge in [-0.2, -0.15) is 0 Å². The van der Waals surface area contributed by atoms with Crippen LogP contribution in [0.1, 0.15) is 12.5 Å². The van der Waals surface area contributed by atoms with Crippen molar-refractivity contribution in [3.63, 3.8) is 0 Å². The van der Waals surface area contributed by atoms with Crippen LogP contribution in [-0.2, 0) is 20.9 Å². The molecule has 0 spiro atoms. The molecule has 1 heterocycles. The third-order valence-electron chi connectivity index (χ3n) is 3.91. The summed E-state index contributed by atoms with van der Waals surface area (Å²) in [6.45, 7) is 3.20. The monoisotopic (exact) mass is 321 g/mol. The fourth-order valence-electron chi connectivity index (χ4n) is 2.45. The number of nitrogens with zero attached hydrogens (tertiary/aromatic N) is 3. The molecule has 3 amide bonds. The summed E-state index contributed by atoms with van der Waals surface area (Å²) in [4.78, 5) is 39.3. The molecule has 23 heavy (non-hydrogen) atoms. The van der Waals surface area contributed by atoms with Crippen LogP contribution in [0.3, 0.4) is 0 Å². The van der Waals surface area contributed by atoms with Crippen molar-refractivity contribution in [3.05, 3.63) is 35.6 Å². The van der Waals surface area contributed by atoms with E-state index in [1.165, 1.54) is 17.9 Å². The highest BCUT2D eigenvalue weighted by molar-refractivity contribution is 5.84. The molecule has 0 radical (unpaired) electrons. The second-order valence-corrected chi connectivity index (χ2v) is 5.49. The minimum atomic E-state index is -0.397. The number of halogens is 1. The van der Waals surface area contributed by atoms with Crippen LogP contribution in [0.15, 0.2) is 24.3 Å². The summed E-state index contributed by atoms with van der Waals surface area (Å²) in [5.41, 5.74) is 0.376. The van der Waals surface area contributed by atoms with Crippen molar-refractivity contribution in [2.24, 2.45) is 0 Å². The molecule has 0 atom stereocenters. The molecule has 1 aliphatic rings. The van der Waals surface area contributed by atoms with Gasteiger partial charge in [-0.1, -0.05) is 18.2 Å². The molecule has 0 N–H and O–H groups in total. The van der Waals surface area contributed by atoms with E-state index in [4.69, 9.17) is 0 Å². The number of amides is 3. The highest BCUT2D eigenvalue weighted by Crippen LogP contribution is 2.11. The Labute approximate surface area is 134 Å². The number of rotatable bonds is 5. The number of hydrogen-bond acceptors (Lipinski definition) is 3. The van der Waals surface area contributed by atoms with Gasteiger partial charge < -0.3 is 14.7 Å². The van der Waals surface area contributed by atoms with Crippen molar-refractivity contribution in [3.8, 4) is 0 Å². The predicted molar refractivity (Wildman–Crippen MR) is 81.7 cm³/mol. The zero-order valence-electron chi connectivity index (χ0n) is 13.1. The van der Waals surface area contributed by atoms with Crippen molar-refractivity contribution in [2.45, 2.75) is 13.5 Å². The van der Waals surface area contributed by atoms with Crippen molar-refractivity contribution in [2.75, 3.05) is 32.7 Å². The Morgan fingerprint density at radius 2 is 1.87 bits per heavy atom. The van der Waals surface area contributed by atoms with Crippen LogP contribution < -0.4 is 0 Å². The summed E-state index contributed by atoms with van der Waals surface area (Å²) in [5.74, 6) is -0.874. The summed E-state index contributed by atoms with van der Waals surface area (Å²) < 4.78 is 13.7. The first-order valence-corrected chi connectivity index (χ1v) is 7.47. The van der Waals surface area contributed by atoms with E-state index in [9.17, 15) is 18.8 Å². The average molecular weight is 321 g/mol. The van der Waals surface area contributed by atoms with Crippen LogP contribution in [0.5, 0.6) is 0 Å². The van der Waals surface area contributed by atoms with Gasteiger partial charge in [0.15, 0.2) is 0 Å². The van der Waals surface area contributed by atoms with E-state index in [2.05, 4.69) is 0 Å². The van der Waals surface area contributed by atoms with E-state index >= 15 is 0 Å². The van der Waals surface area contributed by atoms with Gasteiger partial charge in [-0.25, -0.2) is 4.39 Å². The maximum absolute atomic E-state index is 13.7. The highest BCUT2D eigenvalue weighted by atomic mass is 19.1. The highest BCUT2D eigenvalue weighted by Gasteiger charge is 2.23. The van der Waals surface area contributed by atoms with Gasteiger partial charge in [0, 0.05) is 45.2 Å². The molecule has 1 aliphatic heterocycles. The maximum Gasteiger partial charge on any atom is 0.242 e. The largest absolute Gasteiger partial charge is 0.342 e. The number of carbonyl (C=O) groups is 3. The third kappa shape index (κ3) is 4.51. The Hall–Kier alpha value is -2.44. The van der Waals surface area contributed by atoms with Crippen LogP contribution in [0.25, 0.3) is 0 Å². The Balaban J connectivity index is 1.97. The molecule has 0 aromatic heterocycles. The minimum absolute atomic E-state index is 0.0576. The fraction of sp³-hybridized carbons (Fsp3) is 0.438. The number of piperazine rings is 1. The van der Waals surface area contributed by atoms with Crippen LogP contribution in [0.4, 0.5) is 4.39 Å². The van der Waals surface area contributed by atoms with Crippen molar-refractivity contribution < 1.29 is 18.8 Å². The van der Waals surface area contributed by atoms with Gasteiger partial charge in [-0.3, -0.25) is 14.4 Å². The Bertz CT molecular complexity index is 586. The van der Waals surface area contributed by atoms with Crippen molar-refractivity contribution in [1.29, 1.82) is 0 Å². The van der Waals surface area contributed by atoms with Gasteiger partial charge in [-0.05, 0) is 6.07 Å². The van der Waals surface area contributed by atoms with Gasteiger partial charge in [0.05, 0.1) is 0 Å². The zero-order chi connectivity index (χ0) is 16.8. The molecule has 0 unspecified atom stereocenters. The summed E-state index contributed by atoms with van der Waals surface area (Å²) in [6.07, 6.45) is 0.766. The van der Waals surface area contributed by atoms with Gasteiger partial charge in [-0.15, -0.1) is 0 Å². The molecule has 1 aromatic rings. The second kappa shape index (κ2) is 7.71. The molecular formula is C16H20FN3O3. The first-order valence-electron chi connectivity index (χ1n) is 7.47. The van der Waals surface area contributed by atoms with Gasteiger partial charge in [0.1, 0.15) is 12.4 Å². The standard InChI is InChI=1S/C16H20FN3O3/c1-13(22)20(10-14-4-2-3-5-15(14)17)11-16(23)19-8-6-18(12-21)7-9-19/h2-5,12H,6-11H2,1H3. The van der Waals surface area contributed by atoms with Crippen LogP contribution in [-0.4, -0.2) is 65.6 Å². The predicted octanol–water partition coefficient (Wildman–Crippen LogP) is 0.475. The molecule has 0 aliphatic carbocycles. The molecule has 1 aromatic carbocycles. The Kier molecular flexibility index (Phi) is 5.67. The summed E-state index contributed by atoms with van der Waals surface area (Å²) >= 11 is 0. The molecule has 7 heteroatoms. The lowest BCUT2D eigenvalue weighted by molar-refractivity contribution is -0.141. The van der Waals surface area contributed by atoms with Gasteiger partial charge in [0.2, 0.25) is 18.2 Å². The fourth-order valence-corrected chi connectivity index (χ4v) is 2.45. The molecule has 1 saturated heterocycles. The first-order chi connectivity index (χ1) is 11.0. The van der Waals surface area contributed by atoms with E-state index < -0.39 is 5.82 Å². The molecule has 1 fully saturated rings. The van der Waals surface area contributed by atoms with Crippen LogP contribution >= 0.6 is 0 Å². The summed E-state index contributed by atoms with van der Waals surface area (Å²) in [5, 5.41) is 0. The lowest BCUT2D eigenvalue weighted by Crippen LogP contribution is -2.51. The molecule has 124 valence electrons. The van der Waals surface area contributed by atoms with E-state index in [0.29, 0.717) is 31.7 Å². The van der Waals surface area contributed by atoms with Crippen molar-refractivity contribution in [1.82, 2.24) is 14.7 Å². The molecule has 0 saturated carbocycles. The normalized spacial score (nSPS) is 14.5. The van der Waals surface area contributed by atoms with Gasteiger partial charge in [0.25, 0.3) is 0 Å². The topological polar surface area (TPSA) is 60.9 Å². The number of hydrogen-bond donors (Lipinski definition) is 0. The smallest absolute Gasteiger partial charge is 0.242 e. The van der Waals surface area contributed by atoms with E-state index in [1.807, 2.05) is 0 Å². The van der Waals surface area contributed by atoms with Crippen LogP contribution in [0.2, 0.25) is 0 Å². The first kappa shape index (κ1) is 16.9. The molecule has 2 rings (SSSR count). The van der Waals surface area contributed by atoms with Crippen molar-refractivity contribution >= 4 is 18.2 Å². The van der Waals surface area contributed by atoms with E-state index in [1.54, 1.807) is 28.0 Å². The maximum atomic E-state index is 13.7. The number of carbonyl (C=O) groups excluding carboxylic acids is 3. The SMILES string of the molecule is CC(=O)N(CC(=O)N1CCN(C=O)CC1)Cc1ccccc1F. The molecule has 6 nitrogen and oxygen atoms in total. The van der Waals surface area contributed by atoms with Crippen LogP contribution in [0, 0.1) is 5.82 Å². The lowest BCUT2D eigenvalue weighted by Gasteiger charge is -2.34.